The molecule has 9 heavy (non-hydrogen) atoms. The van der Waals surface area contributed by atoms with Gasteiger partial charge in [0.25, 0.3) is 0 Å². The number of rotatable bonds is 0. The molecular formula is C6H7FN2. The van der Waals surface area contributed by atoms with E-state index < -0.39 is 6.17 Å². The maximum atomic E-state index is 12.2. The topological polar surface area (TPSA) is 24.7 Å². The van der Waals surface area contributed by atoms with E-state index in [4.69, 9.17) is 0 Å². The van der Waals surface area contributed by atoms with Gasteiger partial charge in [-0.05, 0) is 12.2 Å². The average Bonchev–Trinajstić information content (AvgIpc) is 1.90. The molecule has 3 heteroatoms. The van der Waals surface area contributed by atoms with Crippen LogP contribution in [-0.2, 0) is 0 Å². The third-order valence-corrected chi connectivity index (χ3v) is 1.01. The summed E-state index contributed by atoms with van der Waals surface area (Å²) in [5, 5.41) is 0. The van der Waals surface area contributed by atoms with Crippen LogP contribution in [0.25, 0.3) is 0 Å². The molecule has 0 bridgehead atoms. The fraction of sp³-hybridized carbons (Fsp3) is 0.333. The lowest BCUT2D eigenvalue weighted by atomic mass is 10.3. The Kier molecular flexibility index (Phi) is 1.72. The monoisotopic (exact) mass is 126 g/mol. The molecule has 0 saturated carbocycles. The van der Waals surface area contributed by atoms with Crippen molar-refractivity contribution in [3.05, 3.63) is 12.2 Å². The standard InChI is InChI=1S/C6H7FN2/c1-8-6-3-2-5(7)4-9-6/h2-5H,1H3. The summed E-state index contributed by atoms with van der Waals surface area (Å²) in [5.74, 6) is 0.573. The van der Waals surface area contributed by atoms with Crippen molar-refractivity contribution < 1.29 is 4.39 Å². The largest absolute Gasteiger partial charge is 0.270 e. The second-order valence-electron chi connectivity index (χ2n) is 1.66. The molecule has 1 unspecified atom stereocenters. The zero-order valence-electron chi connectivity index (χ0n) is 5.08. The van der Waals surface area contributed by atoms with Crippen molar-refractivity contribution in [3.8, 4) is 0 Å². The van der Waals surface area contributed by atoms with Gasteiger partial charge in [0.1, 0.15) is 5.84 Å². The van der Waals surface area contributed by atoms with E-state index in [9.17, 15) is 4.39 Å². The number of alkyl halides is 1. The van der Waals surface area contributed by atoms with Gasteiger partial charge in [-0.15, -0.1) is 0 Å². The maximum absolute atomic E-state index is 12.2. The number of hydrogen-bond acceptors (Lipinski definition) is 1. The molecule has 0 N–H and O–H groups in total. The summed E-state index contributed by atoms with van der Waals surface area (Å²) in [6.45, 7) is 0. The molecule has 0 aromatic heterocycles. The van der Waals surface area contributed by atoms with Gasteiger partial charge in [0, 0.05) is 13.3 Å². The first-order chi connectivity index (χ1) is 4.33. The number of halogens is 1. The van der Waals surface area contributed by atoms with Crippen LogP contribution < -0.4 is 0 Å². The molecule has 0 amide bonds. The summed E-state index contributed by atoms with van der Waals surface area (Å²) in [5.41, 5.74) is 0. The molecule has 0 aliphatic carbocycles. The Morgan fingerprint density at radius 2 is 2.56 bits per heavy atom. The molecule has 0 saturated heterocycles. The molecule has 2 nitrogen and oxygen atoms in total. The highest BCUT2D eigenvalue weighted by Crippen LogP contribution is 1.97. The van der Waals surface area contributed by atoms with E-state index in [-0.39, 0.29) is 0 Å². The Morgan fingerprint density at radius 1 is 1.78 bits per heavy atom. The summed E-state index contributed by atoms with van der Waals surface area (Å²) >= 11 is 0. The Morgan fingerprint density at radius 3 is 3.00 bits per heavy atom. The number of nitrogens with zero attached hydrogens (tertiary/aromatic N) is 2. The summed E-state index contributed by atoms with van der Waals surface area (Å²) in [6, 6.07) is 0. The Bertz CT molecular complexity index is 165. The van der Waals surface area contributed by atoms with Gasteiger partial charge in [-0.25, -0.2) is 9.38 Å². The second-order valence-corrected chi connectivity index (χ2v) is 1.66. The van der Waals surface area contributed by atoms with E-state index in [0.717, 1.165) is 0 Å². The average molecular weight is 126 g/mol. The molecule has 0 fully saturated rings. The summed E-state index contributed by atoms with van der Waals surface area (Å²) < 4.78 is 12.2. The Labute approximate surface area is 52.8 Å². The normalized spacial score (nSPS) is 29.6. The molecule has 1 aliphatic heterocycles. The Hall–Kier alpha value is -0.990. The summed E-state index contributed by atoms with van der Waals surface area (Å²) in [6.07, 6.45) is 3.16. The van der Waals surface area contributed by atoms with Crippen molar-refractivity contribution in [2.75, 3.05) is 7.05 Å². The SMILES string of the molecule is CN=C1C=CC(F)C=N1. The molecule has 0 spiro atoms. The van der Waals surface area contributed by atoms with Crippen LogP contribution in [0.15, 0.2) is 22.1 Å². The quantitative estimate of drug-likeness (QED) is 0.462. The number of dihydropyridines is 1. The maximum Gasteiger partial charge on any atom is 0.154 e. The van der Waals surface area contributed by atoms with Gasteiger partial charge >= 0.3 is 0 Å². The van der Waals surface area contributed by atoms with Gasteiger partial charge in [-0.1, -0.05) is 0 Å². The second kappa shape index (κ2) is 2.53. The first kappa shape index (κ1) is 6.13. The van der Waals surface area contributed by atoms with Gasteiger partial charge in [0.2, 0.25) is 0 Å². The van der Waals surface area contributed by atoms with Gasteiger partial charge in [-0.3, -0.25) is 4.99 Å². The summed E-state index contributed by atoms with van der Waals surface area (Å²) in [7, 11) is 1.62. The minimum Gasteiger partial charge on any atom is -0.270 e. The number of hydrogen-bond donors (Lipinski definition) is 0. The number of allylic oxidation sites excluding steroid dienone is 1. The zero-order chi connectivity index (χ0) is 6.69. The number of amidine groups is 1. The minimum absolute atomic E-state index is 0.573. The van der Waals surface area contributed by atoms with Gasteiger partial charge in [-0.2, -0.15) is 0 Å². The van der Waals surface area contributed by atoms with Crippen LogP contribution in [0, 0.1) is 0 Å². The lowest BCUT2D eigenvalue weighted by molar-refractivity contribution is 0.498. The lowest BCUT2D eigenvalue weighted by Gasteiger charge is -1.99. The van der Waals surface area contributed by atoms with E-state index in [2.05, 4.69) is 9.98 Å². The lowest BCUT2D eigenvalue weighted by Crippen LogP contribution is -2.05. The smallest absolute Gasteiger partial charge is 0.154 e. The van der Waals surface area contributed by atoms with E-state index in [1.165, 1.54) is 12.3 Å². The van der Waals surface area contributed by atoms with Gasteiger partial charge < -0.3 is 0 Å². The third-order valence-electron chi connectivity index (χ3n) is 1.01. The van der Waals surface area contributed by atoms with E-state index in [1.807, 2.05) is 0 Å². The first-order valence-corrected chi connectivity index (χ1v) is 2.66. The molecule has 0 radical (unpaired) electrons. The van der Waals surface area contributed by atoms with E-state index in [1.54, 1.807) is 13.1 Å². The fourth-order valence-corrected chi connectivity index (χ4v) is 0.551. The van der Waals surface area contributed by atoms with Crippen molar-refractivity contribution >= 4 is 12.1 Å². The molecule has 48 valence electrons. The van der Waals surface area contributed by atoms with Crippen LogP contribution >= 0.6 is 0 Å². The van der Waals surface area contributed by atoms with Crippen molar-refractivity contribution in [2.45, 2.75) is 6.17 Å². The van der Waals surface area contributed by atoms with Crippen LogP contribution in [0.5, 0.6) is 0 Å². The highest BCUT2D eigenvalue weighted by molar-refractivity contribution is 6.01. The van der Waals surface area contributed by atoms with Crippen molar-refractivity contribution in [1.29, 1.82) is 0 Å². The van der Waals surface area contributed by atoms with Crippen LogP contribution in [0.4, 0.5) is 4.39 Å². The van der Waals surface area contributed by atoms with E-state index >= 15 is 0 Å². The van der Waals surface area contributed by atoms with Crippen molar-refractivity contribution in [2.24, 2.45) is 9.98 Å². The highest BCUT2D eigenvalue weighted by Gasteiger charge is 2.01. The minimum atomic E-state index is -1.03. The highest BCUT2D eigenvalue weighted by atomic mass is 19.1. The molecule has 0 aromatic rings. The number of aliphatic imine (C=N–C) groups is 2. The van der Waals surface area contributed by atoms with Crippen LogP contribution in [-0.4, -0.2) is 25.3 Å². The first-order valence-electron chi connectivity index (χ1n) is 2.66. The van der Waals surface area contributed by atoms with Crippen molar-refractivity contribution in [1.82, 2.24) is 0 Å². The fourth-order valence-electron chi connectivity index (χ4n) is 0.551. The predicted octanol–water partition coefficient (Wildman–Crippen LogP) is 0.993. The van der Waals surface area contributed by atoms with Gasteiger partial charge in [0.15, 0.2) is 6.17 Å². The van der Waals surface area contributed by atoms with Crippen LogP contribution in [0.2, 0.25) is 0 Å². The molecule has 1 rings (SSSR count). The molecule has 0 aromatic carbocycles. The molecule has 1 heterocycles. The predicted molar refractivity (Wildman–Crippen MR) is 35.9 cm³/mol. The van der Waals surface area contributed by atoms with Crippen LogP contribution in [0.3, 0.4) is 0 Å². The third kappa shape index (κ3) is 1.45. The molecule has 1 aliphatic rings. The summed E-state index contributed by atoms with van der Waals surface area (Å²) in [4.78, 5) is 7.44. The molecule has 1 atom stereocenters. The van der Waals surface area contributed by atoms with E-state index in [0.29, 0.717) is 5.84 Å². The van der Waals surface area contributed by atoms with Gasteiger partial charge in [0.05, 0.1) is 0 Å². The van der Waals surface area contributed by atoms with Crippen LogP contribution in [0.1, 0.15) is 0 Å². The zero-order valence-corrected chi connectivity index (χ0v) is 5.08. The van der Waals surface area contributed by atoms with Crippen molar-refractivity contribution in [3.63, 3.8) is 0 Å². The Balaban J connectivity index is 2.70. The molecular weight excluding hydrogens is 119 g/mol.